The fourth-order valence-electron chi connectivity index (χ4n) is 0.479. The lowest BCUT2D eigenvalue weighted by Gasteiger charge is -2.03. The van der Waals surface area contributed by atoms with Gasteiger partial charge in [0.1, 0.15) is 0 Å². The molecule has 0 aromatic heterocycles. The number of rotatable bonds is 4. The summed E-state index contributed by atoms with van der Waals surface area (Å²) >= 11 is 5.53. The van der Waals surface area contributed by atoms with Crippen LogP contribution in [-0.2, 0) is 0 Å². The summed E-state index contributed by atoms with van der Waals surface area (Å²) in [5, 5.41) is 0.648. The van der Waals surface area contributed by atoms with Gasteiger partial charge in [-0.3, -0.25) is 0 Å². The molecule has 1 unspecified atom stereocenters. The highest BCUT2D eigenvalue weighted by molar-refractivity contribution is 8.21. The molecule has 1 atom stereocenters. The molecular formula is C7H14S3. The van der Waals surface area contributed by atoms with E-state index in [9.17, 15) is 0 Å². The molecule has 0 aromatic carbocycles. The van der Waals surface area contributed by atoms with Gasteiger partial charge in [0.15, 0.2) is 0 Å². The maximum absolute atomic E-state index is 2.31. The highest BCUT2D eigenvalue weighted by atomic mass is 32.2. The van der Waals surface area contributed by atoms with E-state index in [1.54, 1.807) is 0 Å². The van der Waals surface area contributed by atoms with Crippen LogP contribution >= 0.6 is 35.3 Å². The minimum atomic E-state index is 0.648. The quantitative estimate of drug-likeness (QED) is 0.674. The Morgan fingerprint density at radius 1 is 1.20 bits per heavy atom. The van der Waals surface area contributed by atoms with E-state index in [4.69, 9.17) is 0 Å². The molecule has 60 valence electrons. The molecule has 0 aromatic rings. The molecule has 0 fully saturated rings. The van der Waals surface area contributed by atoms with Crippen LogP contribution in [0.1, 0.15) is 6.92 Å². The smallest absolute Gasteiger partial charge is 0.0366 e. The first-order valence-electron chi connectivity index (χ1n) is 3.07. The molecule has 0 saturated carbocycles. The van der Waals surface area contributed by atoms with Gasteiger partial charge in [-0.15, -0.1) is 23.5 Å². The van der Waals surface area contributed by atoms with Crippen LogP contribution in [0.2, 0.25) is 0 Å². The monoisotopic (exact) mass is 194 g/mol. The molecule has 0 amide bonds. The number of hydrogen-bond acceptors (Lipinski definition) is 3. The van der Waals surface area contributed by atoms with Crippen molar-refractivity contribution in [1.29, 1.82) is 0 Å². The fourth-order valence-corrected chi connectivity index (χ4v) is 2.27. The van der Waals surface area contributed by atoms with Gasteiger partial charge in [-0.2, -0.15) is 11.8 Å². The van der Waals surface area contributed by atoms with E-state index >= 15 is 0 Å². The first kappa shape index (κ1) is 10.8. The highest BCUT2D eigenvalue weighted by Crippen LogP contribution is 2.25. The minimum absolute atomic E-state index is 0.648. The maximum Gasteiger partial charge on any atom is 0.0366 e. The zero-order chi connectivity index (χ0) is 7.98. The number of thioether (sulfide) groups is 3. The Morgan fingerprint density at radius 3 is 2.00 bits per heavy atom. The Bertz CT molecular complexity index is 103. The second kappa shape index (κ2) is 6.50. The SMILES string of the molecule is CSC(=CC(C)SC)SC. The van der Waals surface area contributed by atoms with Crippen LogP contribution < -0.4 is 0 Å². The lowest BCUT2D eigenvalue weighted by molar-refractivity contribution is 1.25. The van der Waals surface area contributed by atoms with Gasteiger partial charge in [-0.1, -0.05) is 6.08 Å². The van der Waals surface area contributed by atoms with Crippen molar-refractivity contribution in [3.05, 3.63) is 10.3 Å². The van der Waals surface area contributed by atoms with E-state index < -0.39 is 0 Å². The first-order valence-corrected chi connectivity index (χ1v) is 6.81. The molecule has 10 heavy (non-hydrogen) atoms. The van der Waals surface area contributed by atoms with Crippen LogP contribution in [0.15, 0.2) is 10.3 Å². The predicted octanol–water partition coefficient (Wildman–Crippen LogP) is 3.31. The molecule has 0 nitrogen and oxygen atoms in total. The van der Waals surface area contributed by atoms with Crippen LogP contribution in [0.5, 0.6) is 0 Å². The van der Waals surface area contributed by atoms with E-state index in [2.05, 4.69) is 31.8 Å². The molecule has 0 radical (unpaired) electrons. The Kier molecular flexibility index (Phi) is 7.01. The third kappa shape index (κ3) is 4.58. The Balaban J connectivity index is 3.83. The molecule has 0 saturated heterocycles. The second-order valence-electron chi connectivity index (χ2n) is 1.83. The Morgan fingerprint density at radius 2 is 1.70 bits per heavy atom. The van der Waals surface area contributed by atoms with Crippen molar-refractivity contribution in [1.82, 2.24) is 0 Å². The normalized spacial score (nSPS) is 12.8. The zero-order valence-electron chi connectivity index (χ0n) is 6.88. The third-order valence-corrected chi connectivity index (χ3v) is 4.10. The largest absolute Gasteiger partial charge is 0.158 e. The van der Waals surface area contributed by atoms with E-state index in [-0.39, 0.29) is 0 Å². The summed E-state index contributed by atoms with van der Waals surface area (Å²) in [5.74, 6) is 0. The fraction of sp³-hybridized carbons (Fsp3) is 0.714. The van der Waals surface area contributed by atoms with Gasteiger partial charge in [0, 0.05) is 9.49 Å². The summed E-state index contributed by atoms with van der Waals surface area (Å²) in [4.78, 5) is 0. The van der Waals surface area contributed by atoms with Crippen molar-refractivity contribution in [2.24, 2.45) is 0 Å². The molecule has 0 bridgehead atoms. The lowest BCUT2D eigenvalue weighted by atomic mass is 10.5. The topological polar surface area (TPSA) is 0 Å². The summed E-state index contributed by atoms with van der Waals surface area (Å²) < 4.78 is 1.42. The summed E-state index contributed by atoms with van der Waals surface area (Å²) in [6.45, 7) is 2.22. The zero-order valence-corrected chi connectivity index (χ0v) is 9.33. The van der Waals surface area contributed by atoms with Crippen LogP contribution in [-0.4, -0.2) is 24.0 Å². The van der Waals surface area contributed by atoms with Crippen molar-refractivity contribution in [2.75, 3.05) is 18.8 Å². The molecule has 0 N–H and O–H groups in total. The average molecular weight is 194 g/mol. The van der Waals surface area contributed by atoms with Gasteiger partial charge in [-0.25, -0.2) is 0 Å². The van der Waals surface area contributed by atoms with E-state index in [0.29, 0.717) is 5.25 Å². The third-order valence-electron chi connectivity index (χ3n) is 1.14. The van der Waals surface area contributed by atoms with E-state index in [0.717, 1.165) is 0 Å². The van der Waals surface area contributed by atoms with Gasteiger partial charge in [-0.05, 0) is 25.7 Å². The van der Waals surface area contributed by atoms with Gasteiger partial charge >= 0.3 is 0 Å². The van der Waals surface area contributed by atoms with Crippen molar-refractivity contribution in [2.45, 2.75) is 12.2 Å². The van der Waals surface area contributed by atoms with Crippen molar-refractivity contribution < 1.29 is 0 Å². The average Bonchev–Trinajstić information content (AvgIpc) is 1.99. The molecule has 0 heterocycles. The van der Waals surface area contributed by atoms with Crippen molar-refractivity contribution in [3.63, 3.8) is 0 Å². The Hall–Kier alpha value is 0.790. The predicted molar refractivity (Wildman–Crippen MR) is 58.1 cm³/mol. The van der Waals surface area contributed by atoms with Gasteiger partial charge < -0.3 is 0 Å². The van der Waals surface area contributed by atoms with Gasteiger partial charge in [0.2, 0.25) is 0 Å². The first-order chi connectivity index (χ1) is 4.74. The molecule has 3 heteroatoms. The molecule has 0 aliphatic rings. The lowest BCUT2D eigenvalue weighted by Crippen LogP contribution is -1.87. The second-order valence-corrected chi connectivity index (χ2v) is 5.00. The number of hydrogen-bond donors (Lipinski definition) is 0. The van der Waals surface area contributed by atoms with Gasteiger partial charge in [0.05, 0.1) is 0 Å². The molecular weight excluding hydrogens is 180 g/mol. The van der Waals surface area contributed by atoms with Crippen LogP contribution in [0, 0.1) is 0 Å². The van der Waals surface area contributed by atoms with Crippen LogP contribution in [0.3, 0.4) is 0 Å². The summed E-state index contributed by atoms with van der Waals surface area (Å²) in [6.07, 6.45) is 8.68. The Labute approximate surface area is 76.6 Å². The highest BCUT2D eigenvalue weighted by Gasteiger charge is 1.96. The summed E-state index contributed by atoms with van der Waals surface area (Å²) in [5.41, 5.74) is 0. The van der Waals surface area contributed by atoms with Crippen LogP contribution in [0.25, 0.3) is 0 Å². The van der Waals surface area contributed by atoms with Gasteiger partial charge in [0.25, 0.3) is 0 Å². The summed E-state index contributed by atoms with van der Waals surface area (Å²) in [6, 6.07) is 0. The molecule has 0 rings (SSSR count). The minimum Gasteiger partial charge on any atom is -0.158 e. The van der Waals surface area contributed by atoms with Crippen LogP contribution in [0.4, 0.5) is 0 Å². The standard InChI is InChI=1S/C7H14S3/c1-6(8-2)5-7(9-3)10-4/h5-6H,1-4H3. The molecule has 0 aliphatic carbocycles. The van der Waals surface area contributed by atoms with E-state index in [1.807, 2.05) is 35.3 Å². The van der Waals surface area contributed by atoms with Crippen molar-refractivity contribution in [3.8, 4) is 0 Å². The maximum atomic E-state index is 2.31. The summed E-state index contributed by atoms with van der Waals surface area (Å²) in [7, 11) is 0. The molecule has 0 spiro atoms. The molecule has 0 aliphatic heterocycles. The van der Waals surface area contributed by atoms with Crippen molar-refractivity contribution >= 4 is 35.3 Å². The van der Waals surface area contributed by atoms with E-state index in [1.165, 1.54) is 4.24 Å².